The van der Waals surface area contributed by atoms with Crippen LogP contribution in [0.1, 0.15) is 18.5 Å². The maximum absolute atomic E-state index is 12.8. The molecule has 1 aliphatic rings. The maximum atomic E-state index is 12.8. The normalized spacial score (nSPS) is 18.7. The van der Waals surface area contributed by atoms with Crippen LogP contribution < -0.4 is 5.32 Å². The van der Waals surface area contributed by atoms with Crippen molar-refractivity contribution in [3.63, 3.8) is 0 Å². The summed E-state index contributed by atoms with van der Waals surface area (Å²) < 4.78 is 28.6. The fourth-order valence-electron chi connectivity index (χ4n) is 3.09. The molecule has 1 N–H and O–H groups in total. The SMILES string of the molecule is Cc1cc(NC(=O)[C@H]2CCCN(S(=O)(=O)c3ccc(Cl)cc3)C2)n(C)n1. The Morgan fingerprint density at radius 1 is 1.31 bits per heavy atom. The van der Waals surface area contributed by atoms with Gasteiger partial charge >= 0.3 is 0 Å². The molecule has 26 heavy (non-hydrogen) atoms. The molecule has 9 heteroatoms. The second-order valence-corrected chi connectivity index (χ2v) is 8.81. The second-order valence-electron chi connectivity index (χ2n) is 6.44. The van der Waals surface area contributed by atoms with Gasteiger partial charge in [0.05, 0.1) is 16.5 Å². The molecule has 2 heterocycles. The van der Waals surface area contributed by atoms with Gasteiger partial charge in [0.2, 0.25) is 15.9 Å². The summed E-state index contributed by atoms with van der Waals surface area (Å²) in [5, 5.41) is 7.52. The Balaban J connectivity index is 1.73. The van der Waals surface area contributed by atoms with Crippen LogP contribution in [0.25, 0.3) is 0 Å². The summed E-state index contributed by atoms with van der Waals surface area (Å²) in [6.45, 7) is 2.41. The molecule has 1 fully saturated rings. The molecular weight excluding hydrogens is 376 g/mol. The Morgan fingerprint density at radius 3 is 2.62 bits per heavy atom. The monoisotopic (exact) mass is 396 g/mol. The minimum Gasteiger partial charge on any atom is -0.311 e. The molecule has 1 atom stereocenters. The van der Waals surface area contributed by atoms with E-state index in [1.165, 1.54) is 16.4 Å². The molecule has 1 aromatic carbocycles. The zero-order valence-corrected chi connectivity index (χ0v) is 16.2. The number of carbonyl (C=O) groups excluding carboxylic acids is 1. The summed E-state index contributed by atoms with van der Waals surface area (Å²) in [7, 11) is -1.89. The zero-order valence-electron chi connectivity index (χ0n) is 14.6. The van der Waals surface area contributed by atoms with Gasteiger partial charge in [0.1, 0.15) is 5.82 Å². The van der Waals surface area contributed by atoms with E-state index < -0.39 is 15.9 Å². The number of halogens is 1. The average Bonchev–Trinajstić information content (AvgIpc) is 2.92. The number of aromatic nitrogens is 2. The first-order valence-electron chi connectivity index (χ1n) is 8.34. The number of carbonyl (C=O) groups is 1. The van der Waals surface area contributed by atoms with E-state index in [0.717, 1.165) is 5.69 Å². The fraction of sp³-hybridized carbons (Fsp3) is 0.412. The van der Waals surface area contributed by atoms with Gasteiger partial charge in [-0.15, -0.1) is 0 Å². The van der Waals surface area contributed by atoms with Gasteiger partial charge in [0, 0.05) is 31.2 Å². The number of sulfonamides is 1. The minimum atomic E-state index is -3.64. The van der Waals surface area contributed by atoms with E-state index in [2.05, 4.69) is 10.4 Å². The number of aryl methyl sites for hydroxylation is 2. The quantitative estimate of drug-likeness (QED) is 0.860. The second kappa shape index (κ2) is 7.38. The highest BCUT2D eigenvalue weighted by Gasteiger charge is 2.33. The van der Waals surface area contributed by atoms with Gasteiger partial charge in [-0.3, -0.25) is 9.48 Å². The van der Waals surface area contributed by atoms with Gasteiger partial charge in [-0.05, 0) is 44.0 Å². The van der Waals surface area contributed by atoms with Crippen molar-refractivity contribution in [2.45, 2.75) is 24.7 Å². The average molecular weight is 397 g/mol. The predicted octanol–water partition coefficient (Wildman–Crippen LogP) is 2.42. The van der Waals surface area contributed by atoms with E-state index in [9.17, 15) is 13.2 Å². The number of piperidine rings is 1. The number of hydrogen-bond acceptors (Lipinski definition) is 4. The van der Waals surface area contributed by atoms with Crippen molar-refractivity contribution in [2.75, 3.05) is 18.4 Å². The Labute approximate surface area is 158 Å². The number of benzene rings is 1. The van der Waals surface area contributed by atoms with Crippen molar-refractivity contribution in [3.05, 3.63) is 41.0 Å². The van der Waals surface area contributed by atoms with Crippen molar-refractivity contribution in [1.29, 1.82) is 0 Å². The number of nitrogens with one attached hydrogen (secondary N) is 1. The smallest absolute Gasteiger partial charge is 0.243 e. The number of anilines is 1. The Kier molecular flexibility index (Phi) is 5.36. The molecule has 0 saturated carbocycles. The van der Waals surface area contributed by atoms with Crippen LogP contribution >= 0.6 is 11.6 Å². The number of nitrogens with zero attached hydrogens (tertiary/aromatic N) is 3. The summed E-state index contributed by atoms with van der Waals surface area (Å²) in [4.78, 5) is 12.8. The molecule has 140 valence electrons. The molecule has 3 rings (SSSR count). The molecule has 2 aromatic rings. The molecule has 0 radical (unpaired) electrons. The molecule has 1 saturated heterocycles. The zero-order chi connectivity index (χ0) is 18.9. The first-order chi connectivity index (χ1) is 12.3. The highest BCUT2D eigenvalue weighted by atomic mass is 35.5. The van der Waals surface area contributed by atoms with Crippen molar-refractivity contribution in [2.24, 2.45) is 13.0 Å². The highest BCUT2D eigenvalue weighted by Crippen LogP contribution is 2.25. The van der Waals surface area contributed by atoms with E-state index in [1.807, 2.05) is 6.92 Å². The molecular formula is C17H21ClN4O3S. The van der Waals surface area contributed by atoms with E-state index in [1.54, 1.807) is 29.9 Å². The molecule has 1 amide bonds. The summed E-state index contributed by atoms with van der Waals surface area (Å²) in [6, 6.07) is 7.85. The molecule has 0 spiro atoms. The van der Waals surface area contributed by atoms with Gasteiger partial charge in [0.25, 0.3) is 0 Å². The first kappa shape index (κ1) is 18.9. The molecule has 0 aliphatic carbocycles. The third kappa shape index (κ3) is 3.92. The Hall–Kier alpha value is -1.90. The third-order valence-corrected chi connectivity index (χ3v) is 6.59. The third-order valence-electron chi connectivity index (χ3n) is 4.46. The van der Waals surface area contributed by atoms with Gasteiger partial charge < -0.3 is 5.32 Å². The summed E-state index contributed by atoms with van der Waals surface area (Å²) in [5.74, 6) is 0.00946. The van der Waals surface area contributed by atoms with Crippen molar-refractivity contribution in [3.8, 4) is 0 Å². The van der Waals surface area contributed by atoms with E-state index in [-0.39, 0.29) is 17.3 Å². The van der Waals surface area contributed by atoms with Crippen LogP contribution in [0.15, 0.2) is 35.2 Å². The number of hydrogen-bond donors (Lipinski definition) is 1. The topological polar surface area (TPSA) is 84.3 Å². The van der Waals surface area contributed by atoms with E-state index in [4.69, 9.17) is 11.6 Å². The van der Waals surface area contributed by atoms with E-state index >= 15 is 0 Å². The van der Waals surface area contributed by atoms with Crippen LogP contribution in [0.5, 0.6) is 0 Å². The molecule has 0 bridgehead atoms. The summed E-state index contributed by atoms with van der Waals surface area (Å²) in [5.41, 5.74) is 0.804. The summed E-state index contributed by atoms with van der Waals surface area (Å²) in [6.07, 6.45) is 1.28. The predicted molar refractivity (Wildman–Crippen MR) is 99.5 cm³/mol. The Morgan fingerprint density at radius 2 is 2.00 bits per heavy atom. The minimum absolute atomic E-state index is 0.160. The lowest BCUT2D eigenvalue weighted by Crippen LogP contribution is -2.43. The van der Waals surface area contributed by atoms with Crippen molar-refractivity contribution < 1.29 is 13.2 Å². The Bertz CT molecular complexity index is 909. The van der Waals surface area contributed by atoms with Crippen LogP contribution in [0, 0.1) is 12.8 Å². The van der Waals surface area contributed by atoms with Gasteiger partial charge in [0.15, 0.2) is 0 Å². The standard InChI is InChI=1S/C17H21ClN4O3S/c1-12-10-16(21(2)20-12)19-17(23)13-4-3-9-22(11-13)26(24,25)15-7-5-14(18)6-8-15/h5-8,10,13H,3-4,9,11H2,1-2H3,(H,19,23)/t13-/m0/s1. The van der Waals surface area contributed by atoms with Crippen LogP contribution in [0.4, 0.5) is 5.82 Å². The van der Waals surface area contributed by atoms with Crippen LogP contribution in [-0.4, -0.2) is 41.5 Å². The van der Waals surface area contributed by atoms with E-state index in [0.29, 0.717) is 30.2 Å². The lowest BCUT2D eigenvalue weighted by atomic mass is 9.99. The number of rotatable bonds is 4. The largest absolute Gasteiger partial charge is 0.311 e. The van der Waals surface area contributed by atoms with Gasteiger partial charge in [-0.2, -0.15) is 9.40 Å². The maximum Gasteiger partial charge on any atom is 0.243 e. The molecule has 7 nitrogen and oxygen atoms in total. The molecule has 1 aromatic heterocycles. The lowest BCUT2D eigenvalue weighted by Gasteiger charge is -2.31. The summed E-state index contributed by atoms with van der Waals surface area (Å²) >= 11 is 5.84. The highest BCUT2D eigenvalue weighted by molar-refractivity contribution is 7.89. The first-order valence-corrected chi connectivity index (χ1v) is 10.2. The molecule has 1 aliphatic heterocycles. The lowest BCUT2D eigenvalue weighted by molar-refractivity contribution is -0.120. The van der Waals surface area contributed by atoms with Gasteiger partial charge in [-0.1, -0.05) is 11.6 Å². The molecule has 0 unspecified atom stereocenters. The van der Waals surface area contributed by atoms with Crippen molar-refractivity contribution >= 4 is 33.3 Å². The fourth-order valence-corrected chi connectivity index (χ4v) is 4.74. The van der Waals surface area contributed by atoms with Gasteiger partial charge in [-0.25, -0.2) is 8.42 Å². The van der Waals surface area contributed by atoms with Crippen LogP contribution in [-0.2, 0) is 21.9 Å². The van der Waals surface area contributed by atoms with Crippen molar-refractivity contribution in [1.82, 2.24) is 14.1 Å². The van der Waals surface area contributed by atoms with Crippen LogP contribution in [0.2, 0.25) is 5.02 Å². The number of amides is 1. The van der Waals surface area contributed by atoms with Crippen LogP contribution in [0.3, 0.4) is 0 Å².